The first kappa shape index (κ1) is 17.3. The quantitative estimate of drug-likeness (QED) is 0.584. The molecule has 2 aromatic carbocycles. The van der Waals surface area contributed by atoms with E-state index < -0.39 is 0 Å². The second-order valence-electron chi connectivity index (χ2n) is 5.79. The highest BCUT2D eigenvalue weighted by Gasteiger charge is 2.12. The first-order valence-corrected chi connectivity index (χ1v) is 8.58. The van der Waals surface area contributed by atoms with Gasteiger partial charge in [-0.25, -0.2) is 0 Å². The van der Waals surface area contributed by atoms with Crippen LogP contribution in [0.4, 0.5) is 5.69 Å². The van der Waals surface area contributed by atoms with Crippen molar-refractivity contribution in [2.24, 2.45) is 0 Å². The van der Waals surface area contributed by atoms with Crippen LogP contribution in [0.1, 0.15) is 18.1 Å². The molecule has 0 aliphatic heterocycles. The van der Waals surface area contributed by atoms with Gasteiger partial charge in [0.25, 0.3) is 0 Å². The first-order valence-electron chi connectivity index (χ1n) is 7.79. The van der Waals surface area contributed by atoms with Crippen LogP contribution in [-0.4, -0.2) is 13.0 Å². The predicted octanol–water partition coefficient (Wildman–Crippen LogP) is 5.55. The van der Waals surface area contributed by atoms with Gasteiger partial charge in [-0.1, -0.05) is 22.0 Å². The van der Waals surface area contributed by atoms with E-state index in [0.29, 0.717) is 5.75 Å². The molecule has 128 valence electrons. The third kappa shape index (κ3) is 3.77. The number of amides is 1. The highest BCUT2D eigenvalue weighted by atomic mass is 79.9. The molecule has 0 spiro atoms. The van der Waals surface area contributed by atoms with Crippen molar-refractivity contribution in [1.82, 2.24) is 0 Å². The van der Waals surface area contributed by atoms with Crippen LogP contribution in [-0.2, 0) is 4.79 Å². The molecule has 0 aliphatic rings. The monoisotopic (exact) mass is 399 g/mol. The Balaban J connectivity index is 1.92. The number of halogens is 1. The maximum absolute atomic E-state index is 12.3. The summed E-state index contributed by atoms with van der Waals surface area (Å²) in [7, 11) is 1.61. The predicted molar refractivity (Wildman–Crippen MR) is 104 cm³/mol. The van der Waals surface area contributed by atoms with Gasteiger partial charge >= 0.3 is 0 Å². The van der Waals surface area contributed by atoms with Crippen molar-refractivity contribution in [3.8, 4) is 5.75 Å². The number of hydrogen-bond donors (Lipinski definition) is 1. The maximum Gasteiger partial charge on any atom is 0.248 e. The standard InChI is InChI=1S/C20H18BrNO3/c1-12(7-20(23)22-15-6-4-5-14(21)8-15)16-9-17-13(2)11-25-19(17)10-18(16)24-3/h4-11H,1-3H3,(H,22,23)/b12-7+. The molecule has 0 bridgehead atoms. The Bertz CT molecular complexity index is 972. The molecule has 3 rings (SSSR count). The Morgan fingerprint density at radius 2 is 2.08 bits per heavy atom. The van der Waals surface area contributed by atoms with E-state index in [4.69, 9.17) is 9.15 Å². The van der Waals surface area contributed by atoms with E-state index in [2.05, 4.69) is 21.2 Å². The molecule has 0 saturated carbocycles. The summed E-state index contributed by atoms with van der Waals surface area (Å²) in [5.41, 5.74) is 4.22. The topological polar surface area (TPSA) is 51.5 Å². The zero-order chi connectivity index (χ0) is 18.0. The van der Waals surface area contributed by atoms with E-state index >= 15 is 0 Å². The number of hydrogen-bond acceptors (Lipinski definition) is 3. The van der Waals surface area contributed by atoms with Crippen molar-refractivity contribution in [3.63, 3.8) is 0 Å². The molecule has 5 heteroatoms. The molecule has 0 unspecified atom stereocenters. The molecule has 25 heavy (non-hydrogen) atoms. The molecule has 0 atom stereocenters. The lowest BCUT2D eigenvalue weighted by molar-refractivity contribution is -0.111. The molecular formula is C20H18BrNO3. The van der Waals surface area contributed by atoms with Crippen LogP contribution in [0.15, 0.2) is 57.6 Å². The van der Waals surface area contributed by atoms with Crippen LogP contribution in [0.25, 0.3) is 16.5 Å². The molecule has 0 saturated heterocycles. The van der Waals surface area contributed by atoms with Crippen molar-refractivity contribution < 1.29 is 13.9 Å². The van der Waals surface area contributed by atoms with Gasteiger partial charge in [0.2, 0.25) is 5.91 Å². The van der Waals surface area contributed by atoms with Crippen LogP contribution in [0.3, 0.4) is 0 Å². The van der Waals surface area contributed by atoms with Crippen LogP contribution >= 0.6 is 15.9 Å². The number of carbonyl (C=O) groups excluding carboxylic acids is 1. The summed E-state index contributed by atoms with van der Waals surface area (Å²) in [6, 6.07) is 11.3. The summed E-state index contributed by atoms with van der Waals surface area (Å²) in [5.74, 6) is 0.479. The van der Waals surface area contributed by atoms with Gasteiger partial charge in [-0.3, -0.25) is 4.79 Å². The number of rotatable bonds is 4. The summed E-state index contributed by atoms with van der Waals surface area (Å²) in [6.45, 7) is 3.88. The summed E-state index contributed by atoms with van der Waals surface area (Å²) < 4.78 is 11.9. The Hall–Kier alpha value is -2.53. The van der Waals surface area contributed by atoms with Gasteiger partial charge in [0.1, 0.15) is 11.3 Å². The highest BCUT2D eigenvalue weighted by molar-refractivity contribution is 9.10. The summed E-state index contributed by atoms with van der Waals surface area (Å²) in [4.78, 5) is 12.3. The van der Waals surface area contributed by atoms with Gasteiger partial charge in [-0.05, 0) is 49.2 Å². The van der Waals surface area contributed by atoms with Crippen molar-refractivity contribution in [2.45, 2.75) is 13.8 Å². The average Bonchev–Trinajstić information content (AvgIpc) is 2.94. The second-order valence-corrected chi connectivity index (χ2v) is 6.71. The van der Waals surface area contributed by atoms with Crippen LogP contribution in [0, 0.1) is 6.92 Å². The Kier molecular flexibility index (Phi) is 4.95. The van der Waals surface area contributed by atoms with Crippen molar-refractivity contribution in [3.05, 3.63) is 64.3 Å². The molecule has 1 aromatic heterocycles. The molecule has 0 fully saturated rings. The lowest BCUT2D eigenvalue weighted by atomic mass is 10.0. The number of ether oxygens (including phenoxy) is 1. The number of benzene rings is 2. The van der Waals surface area contributed by atoms with E-state index in [0.717, 1.165) is 37.8 Å². The molecule has 1 N–H and O–H groups in total. The molecule has 3 aromatic rings. The fourth-order valence-electron chi connectivity index (χ4n) is 2.68. The fraction of sp³-hybridized carbons (Fsp3) is 0.150. The van der Waals surface area contributed by atoms with Gasteiger partial charge in [-0.2, -0.15) is 0 Å². The number of carbonyl (C=O) groups is 1. The summed E-state index contributed by atoms with van der Waals surface area (Å²) in [5, 5.41) is 3.87. The minimum atomic E-state index is -0.193. The first-order chi connectivity index (χ1) is 12.0. The fourth-order valence-corrected chi connectivity index (χ4v) is 3.08. The van der Waals surface area contributed by atoms with E-state index in [9.17, 15) is 4.79 Å². The number of fused-ring (bicyclic) bond motifs is 1. The van der Waals surface area contributed by atoms with Crippen LogP contribution in [0.5, 0.6) is 5.75 Å². The Morgan fingerprint density at radius 1 is 1.28 bits per heavy atom. The summed E-state index contributed by atoms with van der Waals surface area (Å²) >= 11 is 3.39. The normalized spacial score (nSPS) is 11.6. The van der Waals surface area contributed by atoms with E-state index in [1.54, 1.807) is 19.4 Å². The number of aryl methyl sites for hydroxylation is 1. The van der Waals surface area contributed by atoms with Gasteiger partial charge < -0.3 is 14.5 Å². The Morgan fingerprint density at radius 3 is 2.80 bits per heavy atom. The Labute approximate surface area is 154 Å². The lowest BCUT2D eigenvalue weighted by Crippen LogP contribution is -2.08. The third-order valence-electron chi connectivity index (χ3n) is 3.95. The molecular weight excluding hydrogens is 382 g/mol. The smallest absolute Gasteiger partial charge is 0.248 e. The van der Waals surface area contributed by atoms with Crippen LogP contribution in [0.2, 0.25) is 0 Å². The molecule has 4 nitrogen and oxygen atoms in total. The third-order valence-corrected chi connectivity index (χ3v) is 4.45. The second kappa shape index (κ2) is 7.15. The minimum absolute atomic E-state index is 0.193. The van der Waals surface area contributed by atoms with E-state index in [-0.39, 0.29) is 5.91 Å². The van der Waals surface area contributed by atoms with Crippen LogP contribution < -0.4 is 10.1 Å². The number of methoxy groups -OCH3 is 1. The largest absolute Gasteiger partial charge is 0.496 e. The van der Waals surface area contributed by atoms with Gasteiger partial charge in [0.15, 0.2) is 0 Å². The number of nitrogens with one attached hydrogen (secondary N) is 1. The number of allylic oxidation sites excluding steroid dienone is 1. The number of anilines is 1. The molecule has 0 aliphatic carbocycles. The van der Waals surface area contributed by atoms with E-state index in [1.165, 1.54) is 0 Å². The van der Waals surface area contributed by atoms with Crippen molar-refractivity contribution >= 4 is 44.1 Å². The molecule has 1 heterocycles. The lowest BCUT2D eigenvalue weighted by Gasteiger charge is -2.10. The van der Waals surface area contributed by atoms with Crippen molar-refractivity contribution in [2.75, 3.05) is 12.4 Å². The van der Waals surface area contributed by atoms with Crippen molar-refractivity contribution in [1.29, 1.82) is 0 Å². The SMILES string of the molecule is COc1cc2occ(C)c2cc1/C(C)=C/C(=O)Nc1cccc(Br)c1. The maximum atomic E-state index is 12.3. The zero-order valence-corrected chi connectivity index (χ0v) is 15.8. The van der Waals surface area contributed by atoms with Gasteiger partial charge in [-0.15, -0.1) is 0 Å². The number of furan rings is 1. The average molecular weight is 400 g/mol. The highest BCUT2D eigenvalue weighted by Crippen LogP contribution is 2.33. The van der Waals surface area contributed by atoms with Gasteiger partial charge in [0.05, 0.1) is 13.4 Å². The molecule has 0 radical (unpaired) electrons. The van der Waals surface area contributed by atoms with E-state index in [1.807, 2.05) is 50.2 Å². The minimum Gasteiger partial charge on any atom is -0.496 e. The summed E-state index contributed by atoms with van der Waals surface area (Å²) in [6.07, 6.45) is 3.28. The van der Waals surface area contributed by atoms with Gasteiger partial charge in [0, 0.05) is 33.3 Å². The zero-order valence-electron chi connectivity index (χ0n) is 14.2. The molecule has 1 amide bonds.